The van der Waals surface area contributed by atoms with Crippen LogP contribution in [0.5, 0.6) is 0 Å². The molecule has 0 aliphatic carbocycles. The molecule has 1 heterocycles. The maximum absolute atomic E-state index is 11.3. The molecule has 2 N–H and O–H groups in total. The second-order valence-electron chi connectivity index (χ2n) is 4.09. The molecule has 1 aromatic heterocycles. The van der Waals surface area contributed by atoms with Gasteiger partial charge in [0.05, 0.1) is 22.3 Å². The number of benzene rings is 1. The topological polar surface area (TPSA) is 90.9 Å². The summed E-state index contributed by atoms with van der Waals surface area (Å²) in [5.41, 5.74) is 1.04. The smallest absolute Gasteiger partial charge is 0.254 e. The molecular weight excluding hydrogens is 280 g/mol. The van der Waals surface area contributed by atoms with Crippen molar-refractivity contribution < 1.29 is 9.90 Å². The number of aliphatic hydroxyl groups excluding tert-OH is 1. The minimum atomic E-state index is -1.11. The van der Waals surface area contributed by atoms with Crippen molar-refractivity contribution in [3.63, 3.8) is 0 Å². The van der Waals surface area contributed by atoms with E-state index in [0.717, 1.165) is 0 Å². The van der Waals surface area contributed by atoms with Crippen LogP contribution >= 0.6 is 11.6 Å². The number of nitrogens with one attached hydrogen (secondary N) is 1. The zero-order chi connectivity index (χ0) is 14.7. The predicted octanol–water partition coefficient (Wildman–Crippen LogP) is 1.72. The molecule has 0 bridgehead atoms. The lowest BCUT2D eigenvalue weighted by Gasteiger charge is -2.05. The fraction of sp³-hybridized carbons (Fsp3) is 0.154. The Labute approximate surface area is 120 Å². The van der Waals surface area contributed by atoms with Crippen molar-refractivity contribution >= 4 is 23.3 Å². The van der Waals surface area contributed by atoms with Crippen LogP contribution in [0.1, 0.15) is 12.5 Å². The Morgan fingerprint density at radius 3 is 2.90 bits per heavy atom. The van der Waals surface area contributed by atoms with E-state index in [9.17, 15) is 4.79 Å². The van der Waals surface area contributed by atoms with Crippen molar-refractivity contribution in [3.05, 3.63) is 41.0 Å². The SMILES string of the molecule is C[C@H](O)C(=O)Nc1ccn(-c2ccc(C#N)cc2Cl)n1. The average Bonchev–Trinajstić information content (AvgIpc) is 2.86. The molecule has 0 saturated carbocycles. The van der Waals surface area contributed by atoms with Gasteiger partial charge < -0.3 is 10.4 Å². The summed E-state index contributed by atoms with van der Waals surface area (Å²) in [4.78, 5) is 11.3. The minimum Gasteiger partial charge on any atom is -0.384 e. The Bertz CT molecular complexity index is 688. The van der Waals surface area contributed by atoms with Gasteiger partial charge in [-0.25, -0.2) is 4.68 Å². The molecule has 102 valence electrons. The Hall–Kier alpha value is -2.36. The van der Waals surface area contributed by atoms with Crippen molar-refractivity contribution in [1.82, 2.24) is 9.78 Å². The lowest BCUT2D eigenvalue weighted by Crippen LogP contribution is -2.24. The van der Waals surface area contributed by atoms with Crippen LogP contribution in [-0.2, 0) is 4.79 Å². The number of aromatic nitrogens is 2. The summed E-state index contributed by atoms with van der Waals surface area (Å²) >= 11 is 6.07. The largest absolute Gasteiger partial charge is 0.384 e. The molecule has 0 radical (unpaired) electrons. The molecule has 2 aromatic rings. The number of amides is 1. The van der Waals surface area contributed by atoms with E-state index in [-0.39, 0.29) is 0 Å². The Morgan fingerprint density at radius 1 is 1.55 bits per heavy atom. The van der Waals surface area contributed by atoms with E-state index in [1.54, 1.807) is 24.4 Å². The zero-order valence-corrected chi connectivity index (χ0v) is 11.3. The molecule has 0 aliphatic rings. The third-order valence-electron chi connectivity index (χ3n) is 2.54. The van der Waals surface area contributed by atoms with Crippen molar-refractivity contribution in [2.75, 3.05) is 5.32 Å². The highest BCUT2D eigenvalue weighted by molar-refractivity contribution is 6.32. The van der Waals surface area contributed by atoms with Gasteiger partial charge in [0.1, 0.15) is 6.10 Å². The molecule has 6 nitrogen and oxygen atoms in total. The number of aliphatic hydroxyl groups is 1. The van der Waals surface area contributed by atoms with Gasteiger partial charge in [-0.2, -0.15) is 10.4 Å². The maximum atomic E-state index is 11.3. The van der Waals surface area contributed by atoms with Crippen LogP contribution in [0.3, 0.4) is 0 Å². The number of nitriles is 1. The molecule has 1 atom stereocenters. The quantitative estimate of drug-likeness (QED) is 0.900. The van der Waals surface area contributed by atoms with Crippen LogP contribution in [0.4, 0.5) is 5.82 Å². The number of carbonyl (C=O) groups excluding carboxylic acids is 1. The van der Waals surface area contributed by atoms with Gasteiger partial charge in [0, 0.05) is 12.3 Å². The molecule has 7 heteroatoms. The lowest BCUT2D eigenvalue weighted by molar-refractivity contribution is -0.123. The monoisotopic (exact) mass is 290 g/mol. The highest BCUT2D eigenvalue weighted by atomic mass is 35.5. The number of halogens is 1. The first-order valence-corrected chi connectivity index (χ1v) is 6.13. The van der Waals surface area contributed by atoms with E-state index in [4.69, 9.17) is 22.0 Å². The van der Waals surface area contributed by atoms with E-state index in [1.165, 1.54) is 17.7 Å². The van der Waals surface area contributed by atoms with Crippen LogP contribution in [-0.4, -0.2) is 26.9 Å². The Balaban J connectivity index is 2.25. The van der Waals surface area contributed by atoms with Crippen LogP contribution < -0.4 is 5.32 Å². The summed E-state index contributed by atoms with van der Waals surface area (Å²) in [6, 6.07) is 8.39. The van der Waals surface area contributed by atoms with Gasteiger partial charge in [-0.15, -0.1) is 0 Å². The second-order valence-corrected chi connectivity index (χ2v) is 4.50. The number of rotatable bonds is 3. The summed E-state index contributed by atoms with van der Waals surface area (Å²) < 4.78 is 1.47. The first-order valence-electron chi connectivity index (χ1n) is 5.76. The van der Waals surface area contributed by atoms with Crippen LogP contribution in [0.15, 0.2) is 30.5 Å². The third kappa shape index (κ3) is 2.96. The van der Waals surface area contributed by atoms with Crippen LogP contribution in [0, 0.1) is 11.3 Å². The molecule has 0 saturated heterocycles. The minimum absolute atomic E-state index is 0.302. The van der Waals surface area contributed by atoms with E-state index in [2.05, 4.69) is 10.4 Å². The maximum Gasteiger partial charge on any atom is 0.254 e. The molecule has 1 aromatic carbocycles. The first-order chi connectivity index (χ1) is 9.51. The average molecular weight is 291 g/mol. The van der Waals surface area contributed by atoms with Gasteiger partial charge in [-0.05, 0) is 25.1 Å². The number of nitrogens with zero attached hydrogens (tertiary/aromatic N) is 3. The Morgan fingerprint density at radius 2 is 2.30 bits per heavy atom. The number of hydrogen-bond acceptors (Lipinski definition) is 4. The second kappa shape index (κ2) is 5.74. The number of anilines is 1. The molecule has 0 fully saturated rings. The standard InChI is InChI=1S/C13H11ClN4O2/c1-8(19)13(20)16-12-4-5-18(17-12)11-3-2-9(7-15)6-10(11)14/h2-6,8,19H,1H3,(H,16,17,20)/t8-/m0/s1. The lowest BCUT2D eigenvalue weighted by atomic mass is 10.2. The van der Waals surface area contributed by atoms with Gasteiger partial charge >= 0.3 is 0 Å². The van der Waals surface area contributed by atoms with Gasteiger partial charge in [0.2, 0.25) is 0 Å². The van der Waals surface area contributed by atoms with E-state index in [1.807, 2.05) is 6.07 Å². The Kier molecular flexibility index (Phi) is 4.03. The molecule has 2 rings (SSSR count). The summed E-state index contributed by atoms with van der Waals surface area (Å²) in [5.74, 6) is -0.238. The number of carbonyl (C=O) groups is 1. The fourth-order valence-corrected chi connectivity index (χ4v) is 1.78. The van der Waals surface area contributed by atoms with E-state index in [0.29, 0.717) is 22.1 Å². The molecule has 0 aliphatic heterocycles. The highest BCUT2D eigenvalue weighted by Gasteiger charge is 2.11. The third-order valence-corrected chi connectivity index (χ3v) is 2.85. The van der Waals surface area contributed by atoms with Crippen molar-refractivity contribution in [3.8, 4) is 11.8 Å². The van der Waals surface area contributed by atoms with Gasteiger partial charge in [0.15, 0.2) is 5.82 Å². The van der Waals surface area contributed by atoms with Gasteiger partial charge in [-0.1, -0.05) is 11.6 Å². The predicted molar refractivity (Wildman–Crippen MR) is 73.6 cm³/mol. The molecular formula is C13H11ClN4O2. The van der Waals surface area contributed by atoms with E-state index < -0.39 is 12.0 Å². The molecule has 0 spiro atoms. The first kappa shape index (κ1) is 14.1. The summed E-state index contributed by atoms with van der Waals surface area (Å²) in [6.07, 6.45) is 0.504. The molecule has 20 heavy (non-hydrogen) atoms. The van der Waals surface area contributed by atoms with Crippen LogP contribution in [0.25, 0.3) is 5.69 Å². The van der Waals surface area contributed by atoms with E-state index >= 15 is 0 Å². The molecule has 1 amide bonds. The summed E-state index contributed by atoms with van der Waals surface area (Å²) in [5, 5.41) is 24.8. The van der Waals surface area contributed by atoms with Crippen molar-refractivity contribution in [2.24, 2.45) is 0 Å². The molecule has 0 unspecified atom stereocenters. The fourth-order valence-electron chi connectivity index (χ4n) is 1.52. The summed E-state index contributed by atoms with van der Waals surface area (Å²) in [7, 11) is 0. The number of hydrogen-bond donors (Lipinski definition) is 2. The summed E-state index contributed by atoms with van der Waals surface area (Å²) in [6.45, 7) is 1.36. The van der Waals surface area contributed by atoms with Crippen LogP contribution in [0.2, 0.25) is 5.02 Å². The van der Waals surface area contributed by atoms with Gasteiger partial charge in [-0.3, -0.25) is 4.79 Å². The normalized spacial score (nSPS) is 11.7. The van der Waals surface area contributed by atoms with Gasteiger partial charge in [0.25, 0.3) is 5.91 Å². The highest BCUT2D eigenvalue weighted by Crippen LogP contribution is 2.22. The zero-order valence-electron chi connectivity index (χ0n) is 10.5. The van der Waals surface area contributed by atoms with Crippen molar-refractivity contribution in [1.29, 1.82) is 5.26 Å². The van der Waals surface area contributed by atoms with Crippen molar-refractivity contribution in [2.45, 2.75) is 13.0 Å².